The summed E-state index contributed by atoms with van der Waals surface area (Å²) in [6, 6.07) is 14.8. The molecule has 0 aliphatic carbocycles. The molecule has 10 heteroatoms. The molecular weight excluding hydrogens is 402 g/mol. The van der Waals surface area contributed by atoms with Crippen LogP contribution in [0.15, 0.2) is 54.9 Å². The number of nitrogens with one attached hydrogen (secondary N) is 2. The number of benzene rings is 2. The van der Waals surface area contributed by atoms with E-state index in [4.69, 9.17) is 17.0 Å². The number of hydrogen-bond acceptors (Lipinski definition) is 6. The van der Waals surface area contributed by atoms with Crippen LogP contribution in [0.3, 0.4) is 0 Å². The molecule has 152 valence electrons. The molecule has 0 saturated carbocycles. The first-order chi connectivity index (χ1) is 14.5. The van der Waals surface area contributed by atoms with Crippen molar-refractivity contribution in [1.29, 1.82) is 0 Å². The van der Waals surface area contributed by atoms with Crippen molar-refractivity contribution >= 4 is 23.8 Å². The molecule has 2 N–H and O–H groups in total. The molecule has 1 amide bonds. The predicted molar refractivity (Wildman–Crippen MR) is 114 cm³/mol. The first-order valence-corrected chi connectivity index (χ1v) is 9.50. The average molecular weight is 421 g/mol. The summed E-state index contributed by atoms with van der Waals surface area (Å²) >= 11 is 5.32. The van der Waals surface area contributed by atoms with Crippen LogP contribution in [0.4, 0.5) is 5.69 Å². The van der Waals surface area contributed by atoms with Crippen LogP contribution in [0.1, 0.15) is 0 Å². The van der Waals surface area contributed by atoms with Crippen LogP contribution in [-0.2, 0) is 18.4 Å². The second-order valence-electron chi connectivity index (χ2n) is 6.56. The van der Waals surface area contributed by atoms with E-state index in [1.54, 1.807) is 18.0 Å². The highest BCUT2D eigenvalue weighted by atomic mass is 32.1. The molecule has 0 spiro atoms. The van der Waals surface area contributed by atoms with Gasteiger partial charge in [-0.25, -0.2) is 0 Å². The monoisotopic (exact) mass is 421 g/mol. The molecule has 4 aromatic rings. The van der Waals surface area contributed by atoms with Crippen LogP contribution < -0.4 is 10.1 Å². The lowest BCUT2D eigenvalue weighted by Gasteiger charge is -2.10. The van der Waals surface area contributed by atoms with Crippen LogP contribution in [0.2, 0.25) is 0 Å². The highest BCUT2D eigenvalue weighted by molar-refractivity contribution is 7.71. The summed E-state index contributed by atoms with van der Waals surface area (Å²) in [4.78, 5) is 12.7. The molecule has 0 unspecified atom stereocenters. The molecule has 2 aromatic carbocycles. The van der Waals surface area contributed by atoms with E-state index in [0.717, 1.165) is 16.9 Å². The molecule has 0 saturated heterocycles. The Morgan fingerprint density at radius 2 is 1.97 bits per heavy atom. The molecule has 0 aliphatic rings. The highest BCUT2D eigenvalue weighted by Gasteiger charge is 2.13. The third-order valence-corrected chi connectivity index (χ3v) is 4.84. The lowest BCUT2D eigenvalue weighted by Crippen LogP contribution is -2.19. The van der Waals surface area contributed by atoms with Gasteiger partial charge in [0, 0.05) is 23.9 Å². The minimum Gasteiger partial charge on any atom is -0.497 e. The number of H-pyrrole nitrogens is 1. The minimum absolute atomic E-state index is 0.0187. The SMILES string of the molecule is COc1ccc(-c2n[nH]c(=S)n2CC(=O)Nc2cccc(-c3nncn3C)c2)cc1. The predicted octanol–water partition coefficient (Wildman–Crippen LogP) is 3.05. The van der Waals surface area contributed by atoms with Crippen molar-refractivity contribution in [2.24, 2.45) is 7.05 Å². The van der Waals surface area contributed by atoms with Gasteiger partial charge in [-0.15, -0.1) is 10.2 Å². The number of methoxy groups -OCH3 is 1. The maximum Gasteiger partial charge on any atom is 0.244 e. The molecule has 30 heavy (non-hydrogen) atoms. The molecular formula is C20H19N7O2S. The number of aryl methyl sites for hydroxylation is 1. The van der Waals surface area contributed by atoms with E-state index >= 15 is 0 Å². The Morgan fingerprint density at radius 1 is 1.17 bits per heavy atom. The summed E-state index contributed by atoms with van der Waals surface area (Å²) < 4.78 is 9.01. The summed E-state index contributed by atoms with van der Waals surface area (Å²) in [6.07, 6.45) is 1.63. The maximum atomic E-state index is 12.7. The Labute approximate surface area is 177 Å². The number of carbonyl (C=O) groups is 1. The van der Waals surface area contributed by atoms with Gasteiger partial charge in [0.05, 0.1) is 7.11 Å². The molecule has 0 aliphatic heterocycles. The molecule has 0 fully saturated rings. The lowest BCUT2D eigenvalue weighted by atomic mass is 10.2. The van der Waals surface area contributed by atoms with E-state index in [1.807, 2.05) is 60.1 Å². The van der Waals surface area contributed by atoms with Gasteiger partial charge in [-0.3, -0.25) is 14.5 Å². The van der Waals surface area contributed by atoms with E-state index in [9.17, 15) is 4.79 Å². The Hall–Kier alpha value is -3.79. The highest BCUT2D eigenvalue weighted by Crippen LogP contribution is 2.22. The third-order valence-electron chi connectivity index (χ3n) is 4.52. The Kier molecular flexibility index (Phi) is 5.40. The van der Waals surface area contributed by atoms with E-state index in [1.165, 1.54) is 0 Å². The largest absolute Gasteiger partial charge is 0.497 e. The number of anilines is 1. The van der Waals surface area contributed by atoms with Crippen LogP contribution in [0, 0.1) is 4.77 Å². The van der Waals surface area contributed by atoms with Crippen LogP contribution in [0.25, 0.3) is 22.8 Å². The zero-order chi connectivity index (χ0) is 21.1. The molecule has 2 heterocycles. The average Bonchev–Trinajstić information content (AvgIpc) is 3.34. The summed E-state index contributed by atoms with van der Waals surface area (Å²) in [5.41, 5.74) is 2.33. The van der Waals surface area contributed by atoms with Gasteiger partial charge in [0.2, 0.25) is 5.91 Å². The van der Waals surface area contributed by atoms with Crippen LogP contribution in [-0.4, -0.2) is 42.5 Å². The first kappa shape index (κ1) is 19.5. The fraction of sp³-hybridized carbons (Fsp3) is 0.150. The number of aromatic nitrogens is 6. The minimum atomic E-state index is -0.225. The summed E-state index contributed by atoms with van der Waals surface area (Å²) in [7, 11) is 3.47. The zero-order valence-corrected chi connectivity index (χ0v) is 17.2. The Morgan fingerprint density at radius 3 is 2.67 bits per heavy atom. The summed E-state index contributed by atoms with van der Waals surface area (Å²) in [5.74, 6) is 1.80. The van der Waals surface area contributed by atoms with Gasteiger partial charge >= 0.3 is 0 Å². The third kappa shape index (κ3) is 3.98. The Balaban J connectivity index is 1.53. The second-order valence-corrected chi connectivity index (χ2v) is 6.95. The fourth-order valence-electron chi connectivity index (χ4n) is 3.05. The van der Waals surface area contributed by atoms with Crippen molar-refractivity contribution in [2.45, 2.75) is 6.54 Å². The number of carbonyl (C=O) groups excluding carboxylic acids is 1. The lowest BCUT2D eigenvalue weighted by molar-refractivity contribution is -0.116. The number of ether oxygens (including phenoxy) is 1. The number of rotatable bonds is 6. The fourth-order valence-corrected chi connectivity index (χ4v) is 3.25. The zero-order valence-electron chi connectivity index (χ0n) is 16.4. The van der Waals surface area contributed by atoms with E-state index in [-0.39, 0.29) is 12.5 Å². The summed E-state index contributed by atoms with van der Waals surface area (Å²) in [6.45, 7) is 0.0187. The van der Waals surface area contributed by atoms with Gasteiger partial charge in [-0.1, -0.05) is 12.1 Å². The van der Waals surface area contributed by atoms with Gasteiger partial charge in [0.15, 0.2) is 16.4 Å². The smallest absolute Gasteiger partial charge is 0.244 e. The Bertz CT molecular complexity index is 1240. The van der Waals surface area contributed by atoms with Crippen molar-refractivity contribution in [2.75, 3.05) is 12.4 Å². The topological polar surface area (TPSA) is 103 Å². The second kappa shape index (κ2) is 8.29. The molecule has 4 rings (SSSR count). The van der Waals surface area contributed by atoms with E-state index in [0.29, 0.717) is 22.1 Å². The standard InChI is InChI=1S/C20H19N7O2S/c1-26-12-21-23-18(26)14-4-3-5-15(10-14)22-17(28)11-27-19(24-25-20(27)30)13-6-8-16(29-2)9-7-13/h3-10,12H,11H2,1-2H3,(H,22,28)(H,25,30). The van der Waals surface area contributed by atoms with Crippen LogP contribution in [0.5, 0.6) is 5.75 Å². The van der Waals surface area contributed by atoms with Crippen molar-refractivity contribution < 1.29 is 9.53 Å². The molecule has 9 nitrogen and oxygen atoms in total. The quantitative estimate of drug-likeness (QED) is 0.464. The van der Waals surface area contributed by atoms with Crippen molar-refractivity contribution in [3.63, 3.8) is 0 Å². The molecule has 0 atom stereocenters. The molecule has 0 radical (unpaired) electrons. The van der Waals surface area contributed by atoms with Crippen molar-refractivity contribution in [3.05, 3.63) is 59.6 Å². The number of amides is 1. The van der Waals surface area contributed by atoms with E-state index in [2.05, 4.69) is 25.7 Å². The number of aromatic amines is 1. The first-order valence-electron chi connectivity index (χ1n) is 9.09. The van der Waals surface area contributed by atoms with Gasteiger partial charge in [-0.05, 0) is 48.6 Å². The van der Waals surface area contributed by atoms with Crippen LogP contribution >= 0.6 is 12.2 Å². The summed E-state index contributed by atoms with van der Waals surface area (Å²) in [5, 5.41) is 17.9. The van der Waals surface area contributed by atoms with Gasteiger partial charge < -0.3 is 14.6 Å². The molecule has 2 aromatic heterocycles. The van der Waals surface area contributed by atoms with Gasteiger partial charge in [0.1, 0.15) is 18.6 Å². The van der Waals surface area contributed by atoms with Crippen molar-refractivity contribution in [3.8, 4) is 28.5 Å². The number of hydrogen-bond donors (Lipinski definition) is 2. The van der Waals surface area contributed by atoms with Crippen molar-refractivity contribution in [1.82, 2.24) is 29.5 Å². The van der Waals surface area contributed by atoms with Gasteiger partial charge in [0.25, 0.3) is 0 Å². The molecule has 0 bridgehead atoms. The maximum absolute atomic E-state index is 12.7. The van der Waals surface area contributed by atoms with Gasteiger partial charge in [-0.2, -0.15) is 5.10 Å². The number of nitrogens with zero attached hydrogens (tertiary/aromatic N) is 5. The normalized spacial score (nSPS) is 10.7. The van der Waals surface area contributed by atoms with E-state index < -0.39 is 0 Å².